The van der Waals surface area contributed by atoms with Gasteiger partial charge in [-0.1, -0.05) is 24.3 Å². The summed E-state index contributed by atoms with van der Waals surface area (Å²) >= 11 is 0. The first kappa shape index (κ1) is 18.3. The second-order valence-electron chi connectivity index (χ2n) is 3.56. The van der Waals surface area contributed by atoms with Gasteiger partial charge in [0.05, 0.1) is 5.75 Å². The van der Waals surface area contributed by atoms with Gasteiger partial charge in [0.25, 0.3) is 5.78 Å². The third-order valence-corrected chi connectivity index (χ3v) is 3.22. The molecule has 0 aliphatic rings. The summed E-state index contributed by atoms with van der Waals surface area (Å²) in [5, 5.41) is 0. The molecule has 1 aromatic carbocycles. The number of carbonyl (C=O) groups excluding carboxylic acids is 1. The molecule has 0 atom stereocenters. The topological polar surface area (TPSA) is 51.2 Å². The van der Waals surface area contributed by atoms with Crippen LogP contribution >= 0.6 is 0 Å². The summed E-state index contributed by atoms with van der Waals surface area (Å²) in [5.74, 6) is -4.57. The molecule has 0 N–H and O–H groups in total. The number of rotatable bonds is 4. The predicted octanol–water partition coefficient (Wildman–Crippen LogP) is 2.54. The Bertz CT molecular complexity index is 536. The molecule has 8 heteroatoms. The molecular formula is C12H12F4O3S. The summed E-state index contributed by atoms with van der Waals surface area (Å²) < 4.78 is 68.0. The van der Waals surface area contributed by atoms with E-state index < -0.39 is 33.3 Å². The normalized spacial score (nSPS) is 11.2. The summed E-state index contributed by atoms with van der Waals surface area (Å²) in [5.41, 5.74) is 0. The Hall–Kier alpha value is -1.70. The Labute approximate surface area is 113 Å². The highest BCUT2D eigenvalue weighted by Crippen LogP contribution is 2.16. The van der Waals surface area contributed by atoms with Crippen molar-refractivity contribution in [1.82, 2.24) is 0 Å². The zero-order valence-electron chi connectivity index (χ0n) is 10.2. The van der Waals surface area contributed by atoms with Crippen molar-refractivity contribution in [2.45, 2.75) is 6.18 Å². The lowest BCUT2D eigenvalue weighted by molar-refractivity contribution is -0.168. The minimum absolute atomic E-state index is 0.178. The van der Waals surface area contributed by atoms with Gasteiger partial charge in [0, 0.05) is 0 Å². The second-order valence-corrected chi connectivity index (χ2v) is 5.67. The fourth-order valence-electron chi connectivity index (χ4n) is 0.935. The van der Waals surface area contributed by atoms with E-state index in [0.717, 1.165) is 6.08 Å². The monoisotopic (exact) mass is 312 g/mol. The maximum Gasteiger partial charge on any atom is 0.451 e. The van der Waals surface area contributed by atoms with Gasteiger partial charge in [0.15, 0.2) is 9.84 Å². The summed E-state index contributed by atoms with van der Waals surface area (Å²) in [6.45, 7) is 3.04. The fraction of sp³-hybridized carbons (Fsp3) is 0.250. The SMILES string of the molecule is C=CCS(=O)(=O)CC(=O)C(F)(F)F.Fc1ccccc1. The molecule has 20 heavy (non-hydrogen) atoms. The highest BCUT2D eigenvalue weighted by Gasteiger charge is 2.40. The van der Waals surface area contributed by atoms with Crippen molar-refractivity contribution in [3.8, 4) is 0 Å². The number of alkyl halides is 3. The van der Waals surface area contributed by atoms with Crippen LogP contribution in [0.5, 0.6) is 0 Å². The molecule has 0 amide bonds. The van der Waals surface area contributed by atoms with Crippen molar-refractivity contribution in [2.24, 2.45) is 0 Å². The van der Waals surface area contributed by atoms with Crippen LogP contribution in [-0.4, -0.2) is 31.9 Å². The minimum atomic E-state index is -5.09. The van der Waals surface area contributed by atoms with Gasteiger partial charge >= 0.3 is 6.18 Å². The lowest BCUT2D eigenvalue weighted by Gasteiger charge is -2.04. The molecule has 0 unspecified atom stereocenters. The molecular weight excluding hydrogens is 300 g/mol. The van der Waals surface area contributed by atoms with Crippen molar-refractivity contribution in [1.29, 1.82) is 0 Å². The standard InChI is InChI=1S/C6H7F3O3S.C6H5F/c1-2-3-13(11,12)4-5(10)6(7,8)9;7-6-4-2-1-3-5-6/h2H,1,3-4H2;1-5H. The molecule has 0 aliphatic carbocycles. The van der Waals surface area contributed by atoms with E-state index in [1.165, 1.54) is 12.1 Å². The molecule has 3 nitrogen and oxygen atoms in total. The van der Waals surface area contributed by atoms with Gasteiger partial charge in [-0.05, 0) is 12.1 Å². The van der Waals surface area contributed by atoms with E-state index in [0.29, 0.717) is 0 Å². The van der Waals surface area contributed by atoms with Crippen molar-refractivity contribution >= 4 is 15.6 Å². The molecule has 0 heterocycles. The van der Waals surface area contributed by atoms with E-state index in [1.54, 1.807) is 18.2 Å². The number of hydrogen-bond donors (Lipinski definition) is 0. The maximum atomic E-state index is 11.9. The lowest BCUT2D eigenvalue weighted by atomic mass is 10.4. The summed E-state index contributed by atoms with van der Waals surface area (Å²) in [6, 6.07) is 7.94. The second kappa shape index (κ2) is 7.78. The molecule has 0 fully saturated rings. The first-order valence-corrected chi connectivity index (χ1v) is 7.02. The Balaban J connectivity index is 0.000000428. The van der Waals surface area contributed by atoms with E-state index in [-0.39, 0.29) is 5.82 Å². The molecule has 0 saturated heterocycles. The number of sulfone groups is 1. The average molecular weight is 312 g/mol. The van der Waals surface area contributed by atoms with Crippen LogP contribution in [0.15, 0.2) is 43.0 Å². The van der Waals surface area contributed by atoms with E-state index in [9.17, 15) is 30.8 Å². The maximum absolute atomic E-state index is 11.9. The average Bonchev–Trinajstić information content (AvgIpc) is 2.28. The van der Waals surface area contributed by atoms with Crippen LogP contribution in [0, 0.1) is 5.82 Å². The molecule has 112 valence electrons. The highest BCUT2D eigenvalue weighted by atomic mass is 32.2. The van der Waals surface area contributed by atoms with Gasteiger partial charge in [-0.2, -0.15) is 13.2 Å². The van der Waals surface area contributed by atoms with Gasteiger partial charge < -0.3 is 0 Å². The van der Waals surface area contributed by atoms with Crippen LogP contribution in [0.25, 0.3) is 0 Å². The first-order valence-electron chi connectivity index (χ1n) is 5.20. The van der Waals surface area contributed by atoms with E-state index in [1.807, 2.05) is 0 Å². The van der Waals surface area contributed by atoms with Crippen LogP contribution in [0.2, 0.25) is 0 Å². The van der Waals surface area contributed by atoms with Crippen LogP contribution < -0.4 is 0 Å². The smallest absolute Gasteiger partial charge is 0.288 e. The van der Waals surface area contributed by atoms with Crippen LogP contribution in [0.1, 0.15) is 0 Å². The number of carbonyl (C=O) groups is 1. The summed E-state index contributed by atoms with van der Waals surface area (Å²) in [7, 11) is -4.00. The zero-order valence-corrected chi connectivity index (χ0v) is 11.0. The molecule has 0 aliphatic heterocycles. The van der Waals surface area contributed by atoms with Crippen molar-refractivity contribution in [3.63, 3.8) is 0 Å². The van der Waals surface area contributed by atoms with Crippen molar-refractivity contribution < 1.29 is 30.8 Å². The number of halogens is 4. The highest BCUT2D eigenvalue weighted by molar-refractivity contribution is 7.92. The number of hydrogen-bond acceptors (Lipinski definition) is 3. The van der Waals surface area contributed by atoms with Gasteiger partial charge in [-0.25, -0.2) is 12.8 Å². The molecule has 0 saturated carbocycles. The Morgan fingerprint density at radius 3 is 2.00 bits per heavy atom. The molecule has 1 rings (SSSR count). The first-order chi connectivity index (χ1) is 9.08. The van der Waals surface area contributed by atoms with Gasteiger partial charge in [-0.3, -0.25) is 4.79 Å². The molecule has 1 aromatic rings. The number of benzene rings is 1. The molecule has 0 bridgehead atoms. The van der Waals surface area contributed by atoms with Crippen LogP contribution in [-0.2, 0) is 14.6 Å². The Morgan fingerprint density at radius 1 is 1.20 bits per heavy atom. The largest absolute Gasteiger partial charge is 0.451 e. The van der Waals surface area contributed by atoms with Gasteiger partial charge in [0.2, 0.25) is 0 Å². The third-order valence-electron chi connectivity index (χ3n) is 1.77. The van der Waals surface area contributed by atoms with Crippen molar-refractivity contribution in [3.05, 3.63) is 48.8 Å². The third kappa shape index (κ3) is 8.41. The van der Waals surface area contributed by atoms with Crippen LogP contribution in [0.3, 0.4) is 0 Å². The predicted molar refractivity (Wildman–Crippen MR) is 66.3 cm³/mol. The van der Waals surface area contributed by atoms with E-state index in [4.69, 9.17) is 0 Å². The number of ketones is 1. The molecule has 0 aromatic heterocycles. The minimum Gasteiger partial charge on any atom is -0.288 e. The Morgan fingerprint density at radius 2 is 1.70 bits per heavy atom. The quantitative estimate of drug-likeness (QED) is 0.634. The van der Waals surface area contributed by atoms with Crippen molar-refractivity contribution in [2.75, 3.05) is 11.5 Å². The fourth-order valence-corrected chi connectivity index (χ4v) is 1.97. The van der Waals surface area contributed by atoms with E-state index in [2.05, 4.69) is 6.58 Å². The summed E-state index contributed by atoms with van der Waals surface area (Å²) in [4.78, 5) is 10.2. The van der Waals surface area contributed by atoms with Crippen LogP contribution in [0.4, 0.5) is 17.6 Å². The van der Waals surface area contributed by atoms with Gasteiger partial charge in [0.1, 0.15) is 11.6 Å². The Kier molecular flexibility index (Phi) is 7.12. The number of Topliss-reactive ketones (excluding diaryl/α,β-unsaturated/α-hetero) is 1. The van der Waals surface area contributed by atoms with E-state index >= 15 is 0 Å². The summed E-state index contributed by atoms with van der Waals surface area (Å²) in [6.07, 6.45) is -4.16. The molecule has 0 spiro atoms. The molecule has 0 radical (unpaired) electrons. The van der Waals surface area contributed by atoms with Gasteiger partial charge in [-0.15, -0.1) is 6.58 Å². The lowest BCUT2D eigenvalue weighted by Crippen LogP contribution is -2.30. The zero-order chi connectivity index (χ0) is 15.8.